The average Bonchev–Trinajstić information content (AvgIpc) is 3.14. The minimum absolute atomic E-state index is 0.0566. The maximum Gasteiger partial charge on any atom is 0.254 e. The van der Waals surface area contributed by atoms with Crippen LogP contribution in [0.25, 0.3) is 0 Å². The largest absolute Gasteiger partial charge is 0.495 e. The highest BCUT2D eigenvalue weighted by atomic mass is 16.5. The van der Waals surface area contributed by atoms with Crippen molar-refractivity contribution in [2.75, 3.05) is 45.3 Å². The lowest BCUT2D eigenvalue weighted by Crippen LogP contribution is -2.40. The quantitative estimate of drug-likeness (QED) is 0.838. The summed E-state index contributed by atoms with van der Waals surface area (Å²) in [7, 11) is 1.55. The van der Waals surface area contributed by atoms with Gasteiger partial charge in [0.2, 0.25) is 5.91 Å². The lowest BCUT2D eigenvalue weighted by Gasteiger charge is -2.27. The van der Waals surface area contributed by atoms with Crippen molar-refractivity contribution in [1.29, 1.82) is 0 Å². The first-order valence-electron chi connectivity index (χ1n) is 8.75. The molecule has 1 aromatic rings. The van der Waals surface area contributed by atoms with Crippen molar-refractivity contribution < 1.29 is 19.1 Å². The van der Waals surface area contributed by atoms with Crippen LogP contribution in [0.15, 0.2) is 18.2 Å². The number of methoxy groups -OCH3 is 1. The molecule has 0 radical (unpaired) electrons. The molecule has 136 valence electrons. The molecule has 0 bridgehead atoms. The SMILES string of the molecule is COc1ccc(C(=O)N2CCOCC2)cc1NC(=O)CC1CCCN1. The van der Waals surface area contributed by atoms with Crippen LogP contribution in [-0.4, -0.2) is 62.7 Å². The number of nitrogens with zero attached hydrogens (tertiary/aromatic N) is 1. The van der Waals surface area contributed by atoms with E-state index in [1.54, 1.807) is 30.2 Å². The fourth-order valence-corrected chi connectivity index (χ4v) is 3.24. The Kier molecular flexibility index (Phi) is 5.88. The van der Waals surface area contributed by atoms with Crippen molar-refractivity contribution in [2.24, 2.45) is 0 Å². The Balaban J connectivity index is 1.70. The molecule has 1 aromatic carbocycles. The van der Waals surface area contributed by atoms with E-state index in [0.717, 1.165) is 19.4 Å². The first-order chi connectivity index (χ1) is 12.2. The third kappa shape index (κ3) is 4.49. The van der Waals surface area contributed by atoms with Crippen molar-refractivity contribution >= 4 is 17.5 Å². The average molecular weight is 347 g/mol. The summed E-state index contributed by atoms with van der Waals surface area (Å²) in [5, 5.41) is 6.20. The molecule has 0 aliphatic carbocycles. The van der Waals surface area contributed by atoms with E-state index >= 15 is 0 Å². The highest BCUT2D eigenvalue weighted by molar-refractivity contribution is 5.98. The molecule has 2 saturated heterocycles. The molecular formula is C18H25N3O4. The molecule has 2 heterocycles. The topological polar surface area (TPSA) is 79.9 Å². The molecule has 2 amide bonds. The second-order valence-corrected chi connectivity index (χ2v) is 6.37. The van der Waals surface area contributed by atoms with Gasteiger partial charge < -0.3 is 25.0 Å². The summed E-state index contributed by atoms with van der Waals surface area (Å²) in [6.45, 7) is 3.24. The smallest absolute Gasteiger partial charge is 0.254 e. The van der Waals surface area contributed by atoms with Crippen molar-refractivity contribution in [2.45, 2.75) is 25.3 Å². The van der Waals surface area contributed by atoms with Gasteiger partial charge in [-0.2, -0.15) is 0 Å². The molecule has 2 aliphatic rings. The first-order valence-corrected chi connectivity index (χ1v) is 8.75. The van der Waals surface area contributed by atoms with Gasteiger partial charge in [0.1, 0.15) is 5.75 Å². The van der Waals surface area contributed by atoms with E-state index in [1.165, 1.54) is 0 Å². The van der Waals surface area contributed by atoms with Gasteiger partial charge in [-0.1, -0.05) is 0 Å². The van der Waals surface area contributed by atoms with E-state index in [2.05, 4.69) is 10.6 Å². The number of anilines is 1. The number of benzene rings is 1. The summed E-state index contributed by atoms with van der Waals surface area (Å²) >= 11 is 0. The number of ether oxygens (including phenoxy) is 2. The number of amides is 2. The molecular weight excluding hydrogens is 322 g/mol. The van der Waals surface area contributed by atoms with Gasteiger partial charge >= 0.3 is 0 Å². The zero-order valence-corrected chi connectivity index (χ0v) is 14.5. The van der Waals surface area contributed by atoms with Crippen LogP contribution in [0.1, 0.15) is 29.6 Å². The minimum atomic E-state index is -0.0753. The summed E-state index contributed by atoms with van der Waals surface area (Å²) in [5.74, 6) is 0.416. The number of hydrogen-bond donors (Lipinski definition) is 2. The predicted molar refractivity (Wildman–Crippen MR) is 94.0 cm³/mol. The molecule has 1 unspecified atom stereocenters. The molecule has 0 saturated carbocycles. The second-order valence-electron chi connectivity index (χ2n) is 6.37. The Bertz CT molecular complexity index is 623. The highest BCUT2D eigenvalue weighted by Crippen LogP contribution is 2.27. The van der Waals surface area contributed by atoms with Gasteiger partial charge in [0.05, 0.1) is 26.0 Å². The maximum atomic E-state index is 12.6. The Morgan fingerprint density at radius 3 is 2.84 bits per heavy atom. The number of nitrogens with one attached hydrogen (secondary N) is 2. The molecule has 2 aliphatic heterocycles. The summed E-state index contributed by atoms with van der Waals surface area (Å²) in [5.41, 5.74) is 1.07. The van der Waals surface area contributed by atoms with Crippen LogP contribution in [0, 0.1) is 0 Å². The van der Waals surface area contributed by atoms with Crippen molar-refractivity contribution in [3.8, 4) is 5.75 Å². The third-order valence-corrected chi connectivity index (χ3v) is 4.61. The summed E-state index contributed by atoms with van der Waals surface area (Å²) in [6, 6.07) is 5.36. The van der Waals surface area contributed by atoms with E-state index < -0.39 is 0 Å². The highest BCUT2D eigenvalue weighted by Gasteiger charge is 2.21. The third-order valence-electron chi connectivity index (χ3n) is 4.61. The molecule has 0 spiro atoms. The molecule has 0 aromatic heterocycles. The Hall–Kier alpha value is -2.12. The van der Waals surface area contributed by atoms with Crippen LogP contribution in [0.2, 0.25) is 0 Å². The molecule has 1 atom stereocenters. The van der Waals surface area contributed by atoms with Gasteiger partial charge in [0.15, 0.2) is 0 Å². The zero-order chi connectivity index (χ0) is 17.6. The summed E-state index contributed by atoms with van der Waals surface area (Å²) in [4.78, 5) is 26.7. The molecule has 25 heavy (non-hydrogen) atoms. The number of carbonyl (C=O) groups is 2. The van der Waals surface area contributed by atoms with Gasteiger partial charge in [0.25, 0.3) is 5.91 Å². The van der Waals surface area contributed by atoms with Crippen LogP contribution < -0.4 is 15.4 Å². The minimum Gasteiger partial charge on any atom is -0.495 e. The maximum absolute atomic E-state index is 12.6. The van der Waals surface area contributed by atoms with E-state index in [1.807, 2.05) is 0 Å². The Labute approximate surface area is 147 Å². The molecule has 3 rings (SSSR count). The van der Waals surface area contributed by atoms with Gasteiger partial charge in [-0.15, -0.1) is 0 Å². The van der Waals surface area contributed by atoms with Gasteiger partial charge in [0, 0.05) is 31.1 Å². The van der Waals surface area contributed by atoms with Gasteiger partial charge in [-0.3, -0.25) is 9.59 Å². The van der Waals surface area contributed by atoms with Crippen LogP contribution in [0.5, 0.6) is 5.75 Å². The van der Waals surface area contributed by atoms with E-state index in [-0.39, 0.29) is 17.9 Å². The van der Waals surface area contributed by atoms with Crippen LogP contribution >= 0.6 is 0 Å². The van der Waals surface area contributed by atoms with Crippen molar-refractivity contribution in [3.63, 3.8) is 0 Å². The number of rotatable bonds is 5. The molecule has 2 fully saturated rings. The lowest BCUT2D eigenvalue weighted by atomic mass is 10.1. The fraction of sp³-hybridized carbons (Fsp3) is 0.556. The summed E-state index contributed by atoms with van der Waals surface area (Å²) < 4.78 is 10.6. The first kappa shape index (κ1) is 17.7. The van der Waals surface area contributed by atoms with Gasteiger partial charge in [-0.25, -0.2) is 0 Å². The van der Waals surface area contributed by atoms with E-state index in [0.29, 0.717) is 49.7 Å². The van der Waals surface area contributed by atoms with Crippen molar-refractivity contribution in [3.05, 3.63) is 23.8 Å². The predicted octanol–water partition coefficient (Wildman–Crippen LogP) is 1.25. The molecule has 2 N–H and O–H groups in total. The standard InChI is InChI=1S/C18H25N3O4/c1-24-16-5-4-13(18(23)21-7-9-25-10-8-21)11-15(16)20-17(22)12-14-3-2-6-19-14/h4-5,11,14,19H,2-3,6-10,12H2,1H3,(H,20,22). The number of carbonyl (C=O) groups excluding carboxylic acids is 2. The molecule has 7 nitrogen and oxygen atoms in total. The lowest BCUT2D eigenvalue weighted by molar-refractivity contribution is -0.116. The van der Waals surface area contributed by atoms with E-state index in [9.17, 15) is 9.59 Å². The number of hydrogen-bond acceptors (Lipinski definition) is 5. The molecule has 7 heteroatoms. The monoisotopic (exact) mass is 347 g/mol. The Morgan fingerprint density at radius 2 is 2.16 bits per heavy atom. The van der Waals surface area contributed by atoms with Crippen molar-refractivity contribution in [1.82, 2.24) is 10.2 Å². The second kappa shape index (κ2) is 8.31. The summed E-state index contributed by atoms with van der Waals surface area (Å²) in [6.07, 6.45) is 2.54. The van der Waals surface area contributed by atoms with Crippen LogP contribution in [0.4, 0.5) is 5.69 Å². The normalized spacial score (nSPS) is 20.4. The zero-order valence-electron chi connectivity index (χ0n) is 14.5. The van der Waals surface area contributed by atoms with E-state index in [4.69, 9.17) is 9.47 Å². The number of morpholine rings is 1. The van der Waals surface area contributed by atoms with Gasteiger partial charge in [-0.05, 0) is 37.6 Å². The van der Waals surface area contributed by atoms with Crippen LogP contribution in [-0.2, 0) is 9.53 Å². The fourth-order valence-electron chi connectivity index (χ4n) is 3.24. The van der Waals surface area contributed by atoms with Crippen LogP contribution in [0.3, 0.4) is 0 Å². The Morgan fingerprint density at radius 1 is 1.36 bits per heavy atom.